The van der Waals surface area contributed by atoms with E-state index in [4.69, 9.17) is 18.5 Å². The molecular weight excluding hydrogens is 524 g/mol. The third kappa shape index (κ3) is 6.78. The van der Waals surface area contributed by atoms with Crippen molar-refractivity contribution in [2.24, 2.45) is 0 Å². The van der Waals surface area contributed by atoms with Crippen LogP contribution in [0.5, 0.6) is 5.75 Å². The summed E-state index contributed by atoms with van der Waals surface area (Å²) in [5, 5.41) is 12.9. The van der Waals surface area contributed by atoms with Crippen molar-refractivity contribution in [1.29, 1.82) is 0 Å². The SMILES string of the molecule is CC(C)OC(=O)[C@H](C)NP(=O)(OC[C@H]1O[C@@H](n2ccc(=O)[nH]c2=O)[C@H](F)[C@@H]1O)Oc1cccc(C2CC2)c1. The van der Waals surface area contributed by atoms with Crippen LogP contribution in [0.15, 0.2) is 46.1 Å². The Morgan fingerprint density at radius 3 is 2.68 bits per heavy atom. The van der Waals surface area contributed by atoms with Gasteiger partial charge in [-0.05, 0) is 57.2 Å². The lowest BCUT2D eigenvalue weighted by Crippen LogP contribution is -2.37. The predicted molar refractivity (Wildman–Crippen MR) is 133 cm³/mol. The van der Waals surface area contributed by atoms with E-state index in [1.807, 2.05) is 11.1 Å². The largest absolute Gasteiger partial charge is 0.462 e. The first kappa shape index (κ1) is 28.2. The van der Waals surface area contributed by atoms with Gasteiger partial charge in [0.05, 0.1) is 12.7 Å². The average Bonchev–Trinajstić information content (AvgIpc) is 3.65. The van der Waals surface area contributed by atoms with Gasteiger partial charge in [0.25, 0.3) is 5.56 Å². The Morgan fingerprint density at radius 1 is 1.29 bits per heavy atom. The number of esters is 1. The van der Waals surface area contributed by atoms with E-state index >= 15 is 0 Å². The number of H-pyrrole nitrogens is 1. The fourth-order valence-corrected chi connectivity index (χ4v) is 5.45. The van der Waals surface area contributed by atoms with E-state index in [1.54, 1.807) is 32.0 Å². The smallest absolute Gasteiger partial charge is 0.459 e. The zero-order valence-electron chi connectivity index (χ0n) is 21.1. The maximum atomic E-state index is 14.9. The molecule has 1 aromatic heterocycles. The van der Waals surface area contributed by atoms with Gasteiger partial charge < -0.3 is 19.1 Å². The number of aromatic nitrogens is 2. The minimum Gasteiger partial charge on any atom is -0.462 e. The Balaban J connectivity index is 1.51. The molecule has 0 spiro atoms. The number of benzene rings is 1. The molecule has 2 aliphatic rings. The minimum atomic E-state index is -4.31. The number of hydrogen-bond acceptors (Lipinski definition) is 9. The molecule has 0 amide bonds. The van der Waals surface area contributed by atoms with E-state index in [-0.39, 0.29) is 5.75 Å². The molecule has 0 bridgehead atoms. The van der Waals surface area contributed by atoms with Crippen LogP contribution in [0.3, 0.4) is 0 Å². The first-order valence-electron chi connectivity index (χ1n) is 12.3. The standard InChI is InChI=1S/C24H31FN3O9P/c1-13(2)35-23(31)14(3)27-38(33,37-17-6-4-5-16(11-17)15-7-8-15)34-12-18-21(30)20(25)22(36-18)28-10-9-19(29)26-24(28)32/h4-6,9-11,13-15,18,20-22,30H,7-8,12H2,1-3H3,(H,27,33)(H,26,29,32)/t14-,18+,20+,21+,22+,38?/m0/s1. The maximum Gasteiger partial charge on any atom is 0.459 e. The van der Waals surface area contributed by atoms with E-state index in [0.717, 1.165) is 35.2 Å². The van der Waals surface area contributed by atoms with Crippen molar-refractivity contribution in [2.75, 3.05) is 6.61 Å². The average molecular weight is 555 g/mol. The lowest BCUT2D eigenvalue weighted by atomic mass is 10.1. The van der Waals surface area contributed by atoms with Crippen molar-refractivity contribution in [1.82, 2.24) is 14.6 Å². The van der Waals surface area contributed by atoms with Crippen LogP contribution in [0.1, 0.15) is 51.3 Å². The molecule has 1 aromatic carbocycles. The highest BCUT2D eigenvalue weighted by molar-refractivity contribution is 7.52. The van der Waals surface area contributed by atoms with Crippen LogP contribution in [-0.2, 0) is 23.4 Å². The third-order valence-electron chi connectivity index (χ3n) is 6.02. The molecule has 1 unspecified atom stereocenters. The summed E-state index contributed by atoms with van der Waals surface area (Å²) in [5.74, 6) is -0.0789. The number of ether oxygens (including phenoxy) is 2. The Bertz CT molecular complexity index is 1310. The first-order valence-corrected chi connectivity index (χ1v) is 13.8. The number of aliphatic hydroxyl groups excluding tert-OH is 1. The number of alkyl halides is 1. The second kappa shape index (κ2) is 11.5. The molecule has 208 valence electrons. The topological polar surface area (TPSA) is 158 Å². The van der Waals surface area contributed by atoms with E-state index in [2.05, 4.69) is 5.09 Å². The molecule has 2 aromatic rings. The number of halogens is 1. The highest BCUT2D eigenvalue weighted by atomic mass is 31.2. The second-order valence-corrected chi connectivity index (χ2v) is 11.3. The van der Waals surface area contributed by atoms with Gasteiger partial charge in [0.2, 0.25) is 0 Å². The second-order valence-electron chi connectivity index (χ2n) is 9.59. The molecule has 1 aliphatic carbocycles. The van der Waals surface area contributed by atoms with Gasteiger partial charge in [-0.1, -0.05) is 12.1 Å². The Kier molecular flexibility index (Phi) is 8.53. The number of aliphatic hydroxyl groups is 1. The lowest BCUT2D eigenvalue weighted by molar-refractivity contribution is -0.149. The molecule has 38 heavy (non-hydrogen) atoms. The molecule has 1 saturated heterocycles. The minimum absolute atomic E-state index is 0.226. The zero-order chi connectivity index (χ0) is 27.6. The molecule has 0 radical (unpaired) electrons. The van der Waals surface area contributed by atoms with Crippen LogP contribution in [0.2, 0.25) is 0 Å². The Morgan fingerprint density at radius 2 is 2.03 bits per heavy atom. The van der Waals surface area contributed by atoms with Gasteiger partial charge in [-0.25, -0.2) is 13.8 Å². The number of aromatic amines is 1. The lowest BCUT2D eigenvalue weighted by Gasteiger charge is -2.25. The van der Waals surface area contributed by atoms with Gasteiger partial charge in [0.1, 0.15) is 24.0 Å². The molecule has 2 fully saturated rings. The van der Waals surface area contributed by atoms with Crippen LogP contribution in [0.4, 0.5) is 4.39 Å². The summed E-state index contributed by atoms with van der Waals surface area (Å²) >= 11 is 0. The fraction of sp³-hybridized carbons (Fsp3) is 0.542. The monoisotopic (exact) mass is 555 g/mol. The number of nitrogens with zero attached hydrogens (tertiary/aromatic N) is 1. The van der Waals surface area contributed by atoms with E-state index in [9.17, 15) is 28.4 Å². The summed E-state index contributed by atoms with van der Waals surface area (Å²) in [5.41, 5.74) is -0.604. The molecule has 14 heteroatoms. The molecule has 6 atom stereocenters. The van der Waals surface area contributed by atoms with E-state index < -0.39 is 68.3 Å². The van der Waals surface area contributed by atoms with Crippen LogP contribution >= 0.6 is 7.75 Å². The summed E-state index contributed by atoms with van der Waals surface area (Å²) < 4.78 is 51.3. The van der Waals surface area contributed by atoms with Crippen LogP contribution in [-0.4, -0.2) is 57.8 Å². The van der Waals surface area contributed by atoms with Gasteiger partial charge in [-0.3, -0.25) is 23.7 Å². The van der Waals surface area contributed by atoms with Crippen molar-refractivity contribution in [2.45, 2.75) is 76.3 Å². The zero-order valence-corrected chi connectivity index (χ0v) is 22.0. The normalized spacial score (nSPS) is 25.6. The van der Waals surface area contributed by atoms with Crippen LogP contribution < -0.4 is 20.9 Å². The summed E-state index contributed by atoms with van der Waals surface area (Å²) in [7, 11) is -4.31. The predicted octanol–water partition coefficient (Wildman–Crippen LogP) is 2.14. The van der Waals surface area contributed by atoms with Crippen molar-refractivity contribution < 1.29 is 37.4 Å². The van der Waals surface area contributed by atoms with E-state index in [1.165, 1.54) is 6.92 Å². The van der Waals surface area contributed by atoms with Crippen LogP contribution in [0.25, 0.3) is 0 Å². The fourth-order valence-electron chi connectivity index (χ4n) is 3.96. The number of hydrogen-bond donors (Lipinski definition) is 3. The quantitative estimate of drug-likeness (QED) is 0.277. The van der Waals surface area contributed by atoms with Gasteiger partial charge in [0.15, 0.2) is 12.4 Å². The van der Waals surface area contributed by atoms with Crippen LogP contribution in [0, 0.1) is 0 Å². The molecule has 12 nitrogen and oxygen atoms in total. The number of rotatable bonds is 11. The summed E-state index contributed by atoms with van der Waals surface area (Å²) in [6.45, 7) is 4.13. The van der Waals surface area contributed by atoms with Crippen molar-refractivity contribution in [3.05, 3.63) is 62.9 Å². The molecule has 1 saturated carbocycles. The van der Waals surface area contributed by atoms with Crippen molar-refractivity contribution in [3.8, 4) is 5.75 Å². The molecule has 3 N–H and O–H groups in total. The summed E-state index contributed by atoms with van der Waals surface area (Å²) in [6.07, 6.45) is -4.04. The van der Waals surface area contributed by atoms with Gasteiger partial charge >= 0.3 is 19.4 Å². The Hall–Kier alpha value is -2.83. The molecule has 1 aliphatic heterocycles. The highest BCUT2D eigenvalue weighted by Gasteiger charge is 2.47. The number of carbonyl (C=O) groups excluding carboxylic acids is 1. The summed E-state index contributed by atoms with van der Waals surface area (Å²) in [4.78, 5) is 37.8. The maximum absolute atomic E-state index is 14.9. The molecular formula is C24H31FN3O9P. The molecule has 4 rings (SSSR count). The van der Waals surface area contributed by atoms with Gasteiger partial charge in [-0.15, -0.1) is 0 Å². The third-order valence-corrected chi connectivity index (χ3v) is 7.66. The van der Waals surface area contributed by atoms with Crippen molar-refractivity contribution >= 4 is 13.7 Å². The number of nitrogens with one attached hydrogen (secondary N) is 2. The van der Waals surface area contributed by atoms with E-state index in [0.29, 0.717) is 5.92 Å². The first-order chi connectivity index (χ1) is 18.0. The van der Waals surface area contributed by atoms with Crippen molar-refractivity contribution in [3.63, 3.8) is 0 Å². The highest BCUT2D eigenvalue weighted by Crippen LogP contribution is 2.48. The van der Waals surface area contributed by atoms with Gasteiger partial charge in [0, 0.05) is 12.3 Å². The Labute approximate surface area is 217 Å². The number of carbonyl (C=O) groups is 1. The molecule has 2 heterocycles. The van der Waals surface area contributed by atoms with Gasteiger partial charge in [-0.2, -0.15) is 5.09 Å². The summed E-state index contributed by atoms with van der Waals surface area (Å²) in [6, 6.07) is 6.88.